The van der Waals surface area contributed by atoms with Crippen LogP contribution in [-0.4, -0.2) is 29.5 Å². The number of nitro benzene ring substituents is 1. The Morgan fingerprint density at radius 1 is 1.06 bits per heavy atom. The molecule has 1 aliphatic heterocycles. The third-order valence-corrected chi connectivity index (χ3v) is 6.03. The topological polar surface area (TPSA) is 89.1 Å². The lowest BCUT2D eigenvalue weighted by Crippen LogP contribution is -2.30. The number of non-ortho nitro benzene ring substituents is 1. The smallest absolute Gasteiger partial charge is 0.271 e. The first-order chi connectivity index (χ1) is 16.1. The zero-order chi connectivity index (χ0) is 22.8. The van der Waals surface area contributed by atoms with Crippen LogP contribution < -0.4 is 5.32 Å². The lowest BCUT2D eigenvalue weighted by atomic mass is 10.0. The maximum absolute atomic E-state index is 11.3. The molecule has 2 atom stereocenters. The van der Waals surface area contributed by atoms with Gasteiger partial charge in [-0.2, -0.15) is 0 Å². The van der Waals surface area contributed by atoms with Gasteiger partial charge in [0.15, 0.2) is 5.11 Å². The van der Waals surface area contributed by atoms with Gasteiger partial charge in [-0.15, -0.1) is 0 Å². The van der Waals surface area contributed by atoms with E-state index in [9.17, 15) is 10.1 Å². The van der Waals surface area contributed by atoms with Crippen LogP contribution in [-0.2, 0) is 6.54 Å². The Morgan fingerprint density at radius 3 is 2.73 bits per heavy atom. The zero-order valence-electron chi connectivity index (χ0n) is 17.5. The Morgan fingerprint density at radius 2 is 1.97 bits per heavy atom. The Hall–Kier alpha value is -4.11. The fourth-order valence-corrected chi connectivity index (χ4v) is 4.52. The summed E-state index contributed by atoms with van der Waals surface area (Å²) in [4.78, 5) is 21.9. The van der Waals surface area contributed by atoms with Crippen LogP contribution in [0.3, 0.4) is 0 Å². The van der Waals surface area contributed by atoms with Crippen LogP contribution >= 0.6 is 12.2 Å². The van der Waals surface area contributed by atoms with E-state index in [-0.39, 0.29) is 22.7 Å². The summed E-state index contributed by atoms with van der Waals surface area (Å²) < 4.78 is 1.97. The highest BCUT2D eigenvalue weighted by atomic mass is 32.1. The second-order valence-electron chi connectivity index (χ2n) is 7.70. The number of hydrogen-bond donors (Lipinski definition) is 1. The number of hydrogen-bond acceptors (Lipinski definition) is 5. The minimum absolute atomic E-state index is 0.0423. The minimum Gasteiger partial charge on any atom is -0.352 e. The van der Waals surface area contributed by atoms with Crippen LogP contribution in [0.1, 0.15) is 29.0 Å². The number of aromatic nitrogens is 3. The molecule has 4 heterocycles. The van der Waals surface area contributed by atoms with Crippen molar-refractivity contribution in [3.63, 3.8) is 0 Å². The van der Waals surface area contributed by atoms with E-state index in [4.69, 9.17) is 12.2 Å². The molecule has 4 aromatic rings. The van der Waals surface area contributed by atoms with Crippen LogP contribution in [0.2, 0.25) is 0 Å². The van der Waals surface area contributed by atoms with Crippen LogP contribution in [0, 0.1) is 10.1 Å². The highest BCUT2D eigenvalue weighted by Gasteiger charge is 2.41. The largest absolute Gasteiger partial charge is 0.352 e. The van der Waals surface area contributed by atoms with Gasteiger partial charge in [-0.05, 0) is 54.2 Å². The summed E-state index contributed by atoms with van der Waals surface area (Å²) in [5.41, 5.74) is 3.60. The fraction of sp³-hybridized carbons (Fsp3) is 0.125. The van der Waals surface area contributed by atoms with E-state index in [2.05, 4.69) is 20.2 Å². The van der Waals surface area contributed by atoms with Gasteiger partial charge in [0.1, 0.15) is 0 Å². The normalized spacial score (nSPS) is 17.7. The van der Waals surface area contributed by atoms with Crippen molar-refractivity contribution in [2.24, 2.45) is 0 Å². The number of nitrogens with zero attached hydrogens (tertiary/aromatic N) is 5. The Labute approximate surface area is 195 Å². The predicted molar refractivity (Wildman–Crippen MR) is 128 cm³/mol. The van der Waals surface area contributed by atoms with E-state index in [1.54, 1.807) is 24.5 Å². The van der Waals surface area contributed by atoms with Crippen LogP contribution in [0.5, 0.6) is 0 Å². The fourth-order valence-electron chi connectivity index (χ4n) is 4.21. The van der Waals surface area contributed by atoms with E-state index in [1.165, 1.54) is 6.07 Å². The van der Waals surface area contributed by atoms with Gasteiger partial charge in [-0.25, -0.2) is 0 Å². The van der Waals surface area contributed by atoms with Gasteiger partial charge in [-0.1, -0.05) is 18.2 Å². The molecule has 1 saturated heterocycles. The summed E-state index contributed by atoms with van der Waals surface area (Å²) in [6, 6.07) is 19.9. The average molecular weight is 457 g/mol. The lowest BCUT2D eigenvalue weighted by Gasteiger charge is -2.29. The highest BCUT2D eigenvalue weighted by molar-refractivity contribution is 7.80. The molecule has 0 bridgehead atoms. The van der Waals surface area contributed by atoms with E-state index < -0.39 is 0 Å². The maximum Gasteiger partial charge on any atom is 0.271 e. The Bertz CT molecular complexity index is 1290. The first kappa shape index (κ1) is 20.8. The quantitative estimate of drug-likeness (QED) is 0.262. The zero-order valence-corrected chi connectivity index (χ0v) is 18.3. The van der Waals surface area contributed by atoms with E-state index in [0.717, 1.165) is 17.0 Å². The van der Waals surface area contributed by atoms with Crippen molar-refractivity contribution >= 4 is 23.0 Å². The lowest BCUT2D eigenvalue weighted by molar-refractivity contribution is -0.384. The van der Waals surface area contributed by atoms with Gasteiger partial charge in [0, 0.05) is 49.2 Å². The van der Waals surface area contributed by atoms with Crippen LogP contribution in [0.15, 0.2) is 91.5 Å². The molecule has 1 aromatic carbocycles. The van der Waals surface area contributed by atoms with Crippen molar-refractivity contribution in [1.82, 2.24) is 24.8 Å². The second-order valence-corrected chi connectivity index (χ2v) is 8.08. The van der Waals surface area contributed by atoms with Gasteiger partial charge >= 0.3 is 0 Å². The number of pyridine rings is 2. The molecule has 5 rings (SSSR count). The van der Waals surface area contributed by atoms with Crippen molar-refractivity contribution < 1.29 is 4.92 Å². The summed E-state index contributed by atoms with van der Waals surface area (Å²) in [6.45, 7) is 0.563. The molecule has 8 nitrogen and oxygen atoms in total. The maximum atomic E-state index is 11.3. The molecule has 1 aliphatic rings. The molecule has 9 heteroatoms. The summed E-state index contributed by atoms with van der Waals surface area (Å²) >= 11 is 5.75. The number of thiocarbonyl (C=S) groups is 1. The molecule has 3 aromatic heterocycles. The molecule has 0 saturated carbocycles. The third-order valence-electron chi connectivity index (χ3n) is 5.68. The molecule has 0 unspecified atom stereocenters. The van der Waals surface area contributed by atoms with E-state index in [0.29, 0.717) is 17.3 Å². The predicted octanol–water partition coefficient (Wildman–Crippen LogP) is 4.35. The molecule has 1 fully saturated rings. The van der Waals surface area contributed by atoms with E-state index >= 15 is 0 Å². The Balaban J connectivity index is 1.61. The molecular formula is C24H20N6O2S. The van der Waals surface area contributed by atoms with Crippen molar-refractivity contribution in [3.05, 3.63) is 119 Å². The average Bonchev–Trinajstić information content (AvgIpc) is 3.45. The molecule has 0 amide bonds. The van der Waals surface area contributed by atoms with Gasteiger partial charge in [0.2, 0.25) is 0 Å². The number of rotatable bonds is 6. The number of benzene rings is 1. The Kier molecular flexibility index (Phi) is 5.54. The first-order valence-electron chi connectivity index (χ1n) is 10.4. The van der Waals surface area contributed by atoms with Crippen molar-refractivity contribution in [2.75, 3.05) is 0 Å². The molecule has 0 radical (unpaired) electrons. The van der Waals surface area contributed by atoms with Crippen molar-refractivity contribution in [1.29, 1.82) is 0 Å². The van der Waals surface area contributed by atoms with Gasteiger partial charge in [0.05, 0.1) is 28.4 Å². The SMILES string of the molecule is O=[N+]([O-])c1cccc(-n2cccc2[C@@H]2[C@H](c3ccccn3)NC(=S)N2Cc2cccnc2)c1. The van der Waals surface area contributed by atoms with Crippen LogP contribution in [0.4, 0.5) is 5.69 Å². The van der Waals surface area contributed by atoms with E-state index in [1.807, 2.05) is 65.5 Å². The summed E-state index contributed by atoms with van der Waals surface area (Å²) in [5.74, 6) is 0. The van der Waals surface area contributed by atoms with Gasteiger partial charge < -0.3 is 14.8 Å². The van der Waals surface area contributed by atoms with Crippen molar-refractivity contribution in [2.45, 2.75) is 18.6 Å². The van der Waals surface area contributed by atoms with Gasteiger partial charge in [-0.3, -0.25) is 20.1 Å². The first-order valence-corrected chi connectivity index (χ1v) is 10.8. The van der Waals surface area contributed by atoms with Gasteiger partial charge in [0.25, 0.3) is 5.69 Å². The summed E-state index contributed by atoms with van der Waals surface area (Å²) in [5, 5.41) is 15.4. The molecule has 0 spiro atoms. The second kappa shape index (κ2) is 8.79. The molecular weight excluding hydrogens is 436 g/mol. The summed E-state index contributed by atoms with van der Waals surface area (Å²) in [7, 11) is 0. The molecule has 0 aliphatic carbocycles. The summed E-state index contributed by atoms with van der Waals surface area (Å²) in [6.07, 6.45) is 7.24. The third kappa shape index (κ3) is 4.06. The number of nitrogens with one attached hydrogen (secondary N) is 1. The minimum atomic E-state index is -0.385. The number of nitro groups is 1. The highest BCUT2D eigenvalue weighted by Crippen LogP contribution is 2.40. The molecule has 1 N–H and O–H groups in total. The van der Waals surface area contributed by atoms with Crippen molar-refractivity contribution in [3.8, 4) is 5.69 Å². The monoisotopic (exact) mass is 456 g/mol. The molecule has 164 valence electrons. The standard InChI is InChI=1S/C24H20N6O2S/c31-30(32)19-8-3-7-18(14-19)28-13-5-10-21(28)23-22(20-9-1-2-12-26-20)27-24(33)29(23)16-17-6-4-11-25-15-17/h1-15,22-23H,16H2,(H,27,33)/t22-,23+/m0/s1. The molecule has 33 heavy (non-hydrogen) atoms. The van der Waals surface area contributed by atoms with Crippen LogP contribution in [0.25, 0.3) is 5.69 Å².